The summed E-state index contributed by atoms with van der Waals surface area (Å²) in [7, 11) is 0. The summed E-state index contributed by atoms with van der Waals surface area (Å²) in [5, 5.41) is 6.47. The van der Waals surface area contributed by atoms with Crippen LogP contribution in [0.2, 0.25) is 0 Å². The van der Waals surface area contributed by atoms with E-state index < -0.39 is 0 Å². The van der Waals surface area contributed by atoms with Gasteiger partial charge in [0.25, 0.3) is 0 Å². The maximum absolute atomic E-state index is 6.72. The Balaban J connectivity index is 1.18. The number of hydrogen-bond donors (Lipinski definition) is 0. The Morgan fingerprint density at radius 3 is 1.53 bits per heavy atom. The molecule has 0 atom stereocenters. The summed E-state index contributed by atoms with van der Waals surface area (Å²) in [5.74, 6) is 0. The van der Waals surface area contributed by atoms with E-state index in [-0.39, 0.29) is 0 Å². The second kappa shape index (κ2) is 10.8. The molecule has 0 aliphatic rings. The van der Waals surface area contributed by atoms with Crippen molar-refractivity contribution in [3.63, 3.8) is 0 Å². The van der Waals surface area contributed by atoms with E-state index >= 15 is 0 Å². The van der Waals surface area contributed by atoms with E-state index in [1.165, 1.54) is 0 Å². The Labute approximate surface area is 292 Å². The summed E-state index contributed by atoms with van der Waals surface area (Å²) < 4.78 is 15.8. The lowest BCUT2D eigenvalue weighted by molar-refractivity contribution is 0.665. The van der Waals surface area contributed by atoms with Crippen LogP contribution in [0.5, 0.6) is 0 Å². The van der Waals surface area contributed by atoms with E-state index in [4.69, 9.17) is 13.8 Å². The van der Waals surface area contributed by atoms with Gasteiger partial charge >= 0.3 is 0 Å². The first kappa shape index (κ1) is 28.0. The van der Waals surface area contributed by atoms with Gasteiger partial charge in [0.05, 0.1) is 38.6 Å². The van der Waals surface area contributed by atoms with Crippen molar-refractivity contribution in [1.29, 1.82) is 0 Å². The van der Waals surface area contributed by atoms with Gasteiger partial charge in [-0.2, -0.15) is 0 Å². The quantitative estimate of drug-likeness (QED) is 0.190. The van der Waals surface area contributed by atoms with Crippen LogP contribution in [0.25, 0.3) is 105 Å². The topological polar surface area (TPSA) is 44.1 Å². The zero-order valence-corrected chi connectivity index (χ0v) is 27.4. The first-order chi connectivity index (χ1) is 25.3. The summed E-state index contributed by atoms with van der Waals surface area (Å²) in [6, 6.07) is 59.3. The minimum Gasteiger partial charge on any atom is -0.455 e. The lowest BCUT2D eigenvalue weighted by Gasteiger charge is -2.12. The second-order valence-corrected chi connectivity index (χ2v) is 13.1. The molecule has 0 radical (unpaired) electrons. The van der Waals surface area contributed by atoms with Crippen molar-refractivity contribution in [3.05, 3.63) is 170 Å². The third-order valence-corrected chi connectivity index (χ3v) is 10.2. The number of rotatable bonds is 4. The van der Waals surface area contributed by atoms with Crippen LogP contribution < -0.4 is 0 Å². The molecular formula is C47H28N2O2. The highest BCUT2D eigenvalue weighted by Gasteiger charge is 2.26. The first-order valence-electron chi connectivity index (χ1n) is 17.2. The van der Waals surface area contributed by atoms with Crippen molar-refractivity contribution in [3.8, 4) is 39.3 Å². The Morgan fingerprint density at radius 2 is 0.882 bits per heavy atom. The van der Waals surface area contributed by atoms with Gasteiger partial charge in [-0.25, -0.2) is 4.98 Å². The molecule has 0 saturated heterocycles. The van der Waals surface area contributed by atoms with Gasteiger partial charge < -0.3 is 13.4 Å². The fraction of sp³-hybridized carbons (Fsp3) is 0. The monoisotopic (exact) mass is 652 g/mol. The van der Waals surface area contributed by atoms with Crippen molar-refractivity contribution in [2.45, 2.75) is 0 Å². The lowest BCUT2D eigenvalue weighted by Crippen LogP contribution is -1.95. The molecule has 0 N–H and O–H groups in total. The van der Waals surface area contributed by atoms with Crippen molar-refractivity contribution >= 4 is 65.7 Å². The molecule has 4 heteroatoms. The van der Waals surface area contributed by atoms with E-state index in [2.05, 4.69) is 150 Å². The van der Waals surface area contributed by atoms with Crippen LogP contribution in [0.15, 0.2) is 179 Å². The number of pyridine rings is 1. The summed E-state index contributed by atoms with van der Waals surface area (Å²) in [4.78, 5) is 5.18. The summed E-state index contributed by atoms with van der Waals surface area (Å²) in [5.41, 5.74) is 12.9. The molecule has 7 aromatic carbocycles. The molecule has 0 aliphatic carbocycles. The highest BCUT2D eigenvalue weighted by atomic mass is 16.3. The van der Waals surface area contributed by atoms with Crippen molar-refractivity contribution in [2.75, 3.05) is 0 Å². The van der Waals surface area contributed by atoms with Gasteiger partial charge in [0.2, 0.25) is 0 Å². The van der Waals surface area contributed by atoms with E-state index in [0.29, 0.717) is 0 Å². The minimum absolute atomic E-state index is 0.847. The molecule has 4 nitrogen and oxygen atoms in total. The van der Waals surface area contributed by atoms with Gasteiger partial charge in [0.15, 0.2) is 0 Å². The number of furan rings is 2. The van der Waals surface area contributed by atoms with Crippen LogP contribution >= 0.6 is 0 Å². The van der Waals surface area contributed by atoms with Gasteiger partial charge in [-0.1, -0.05) is 127 Å². The van der Waals surface area contributed by atoms with E-state index in [9.17, 15) is 0 Å². The summed E-state index contributed by atoms with van der Waals surface area (Å²) >= 11 is 0. The van der Waals surface area contributed by atoms with Gasteiger partial charge in [-0.3, -0.25) is 0 Å². The fourth-order valence-electron chi connectivity index (χ4n) is 7.89. The zero-order valence-electron chi connectivity index (χ0n) is 27.4. The van der Waals surface area contributed by atoms with Crippen LogP contribution in [-0.2, 0) is 0 Å². The molecule has 4 aromatic heterocycles. The molecule has 0 unspecified atom stereocenters. The maximum Gasteiger partial charge on any atom is 0.149 e. The van der Waals surface area contributed by atoms with E-state index in [1.54, 1.807) is 0 Å². The van der Waals surface area contributed by atoms with Crippen molar-refractivity contribution in [1.82, 2.24) is 9.55 Å². The second-order valence-electron chi connectivity index (χ2n) is 13.1. The number of nitrogens with zero attached hydrogens (tertiary/aromatic N) is 2. The molecule has 0 aliphatic heterocycles. The predicted molar refractivity (Wildman–Crippen MR) is 209 cm³/mol. The zero-order chi connectivity index (χ0) is 33.5. The molecular weight excluding hydrogens is 625 g/mol. The largest absolute Gasteiger partial charge is 0.455 e. The van der Waals surface area contributed by atoms with Crippen LogP contribution in [0.3, 0.4) is 0 Å². The number of benzene rings is 7. The SMILES string of the molecule is c1ccc(-c2cc(-c3ccccc3)nc(-c3ccc(-n4c5ccccc5c5c6oc7ccccc7c6c6oc7ccccc7c6c54)cc3)c2)cc1. The smallest absolute Gasteiger partial charge is 0.149 e. The number of para-hydroxylation sites is 3. The van der Waals surface area contributed by atoms with Crippen molar-refractivity contribution in [2.24, 2.45) is 0 Å². The van der Waals surface area contributed by atoms with E-state index in [1.807, 2.05) is 24.3 Å². The summed E-state index contributed by atoms with van der Waals surface area (Å²) in [6.45, 7) is 0. The van der Waals surface area contributed by atoms with E-state index in [0.717, 1.165) is 105 Å². The highest BCUT2D eigenvalue weighted by Crippen LogP contribution is 2.48. The van der Waals surface area contributed by atoms with Gasteiger partial charge in [0.1, 0.15) is 22.3 Å². The Morgan fingerprint density at radius 1 is 0.392 bits per heavy atom. The predicted octanol–water partition coefficient (Wildman–Crippen LogP) is 13.0. The third kappa shape index (κ3) is 4.17. The Bertz CT molecular complexity index is 3030. The van der Waals surface area contributed by atoms with Gasteiger partial charge in [-0.15, -0.1) is 0 Å². The van der Waals surface area contributed by atoms with Crippen LogP contribution in [-0.4, -0.2) is 9.55 Å². The van der Waals surface area contributed by atoms with Crippen LogP contribution in [0.4, 0.5) is 0 Å². The first-order valence-corrected chi connectivity index (χ1v) is 17.2. The molecule has 4 heterocycles. The number of aromatic nitrogens is 2. The van der Waals surface area contributed by atoms with Crippen LogP contribution in [0, 0.1) is 0 Å². The molecule has 0 amide bonds. The Kier molecular flexibility index (Phi) is 5.92. The molecule has 11 aromatic rings. The molecule has 0 fully saturated rings. The standard InChI is InChI=1S/C47H28N2O2/c1-3-13-29(14-4-1)32-27-37(30-15-5-2-6-16-30)48-38(28-32)31-23-25-33(26-24-31)49-39-20-10-7-17-34(39)42-45(49)43-35-18-8-11-21-40(35)50-47(43)44-36-19-9-12-22-41(36)51-46(42)44/h1-28H. The summed E-state index contributed by atoms with van der Waals surface area (Å²) in [6.07, 6.45) is 0. The number of hydrogen-bond acceptors (Lipinski definition) is 3. The van der Waals surface area contributed by atoms with Gasteiger partial charge in [-0.05, 0) is 53.6 Å². The molecule has 0 bridgehead atoms. The molecule has 11 rings (SSSR count). The molecule has 51 heavy (non-hydrogen) atoms. The van der Waals surface area contributed by atoms with Crippen LogP contribution in [0.1, 0.15) is 0 Å². The molecule has 0 saturated carbocycles. The van der Waals surface area contributed by atoms with Crippen molar-refractivity contribution < 1.29 is 8.83 Å². The highest BCUT2D eigenvalue weighted by molar-refractivity contribution is 6.37. The average Bonchev–Trinajstić information content (AvgIpc) is 3.88. The lowest BCUT2D eigenvalue weighted by atomic mass is 10.00. The average molecular weight is 653 g/mol. The Hall–Kier alpha value is -6.91. The maximum atomic E-state index is 6.72. The third-order valence-electron chi connectivity index (χ3n) is 10.2. The fourth-order valence-corrected chi connectivity index (χ4v) is 7.89. The molecule has 0 spiro atoms. The molecule has 238 valence electrons. The van der Waals surface area contributed by atoms with Gasteiger partial charge in [0, 0.05) is 33.0 Å². The number of fused-ring (bicyclic) bond motifs is 12. The normalized spacial score (nSPS) is 11.9. The minimum atomic E-state index is 0.847.